The van der Waals surface area contributed by atoms with Crippen LogP contribution in [0.15, 0.2) is 0 Å². The lowest BCUT2D eigenvalue weighted by Crippen LogP contribution is -2.55. The number of nitrogens with zero attached hydrogens (tertiary/aromatic N) is 1. The van der Waals surface area contributed by atoms with Crippen LogP contribution in [0.3, 0.4) is 0 Å². The van der Waals surface area contributed by atoms with Crippen molar-refractivity contribution in [3.05, 3.63) is 0 Å². The highest BCUT2D eigenvalue weighted by atomic mass is 16.5. The molecule has 3 fully saturated rings. The molecule has 3 rings (SSSR count). The number of hydrogen-bond donors (Lipinski definition) is 1. The van der Waals surface area contributed by atoms with Gasteiger partial charge in [0.1, 0.15) is 0 Å². The molecule has 0 radical (unpaired) electrons. The van der Waals surface area contributed by atoms with Crippen molar-refractivity contribution in [2.45, 2.75) is 69.9 Å². The first-order valence-electron chi connectivity index (χ1n) is 8.35. The molecule has 2 aliphatic carbocycles. The van der Waals surface area contributed by atoms with Gasteiger partial charge in [0.2, 0.25) is 0 Å². The third kappa shape index (κ3) is 3.50. The summed E-state index contributed by atoms with van der Waals surface area (Å²) in [6.07, 6.45) is 12.3. The van der Waals surface area contributed by atoms with E-state index in [9.17, 15) is 0 Å². The van der Waals surface area contributed by atoms with Crippen molar-refractivity contribution in [3.8, 4) is 0 Å². The Balaban J connectivity index is 1.22. The molecular formula is C16H30N2O. The molecule has 0 amide bonds. The minimum atomic E-state index is 0.434. The Labute approximate surface area is 117 Å². The summed E-state index contributed by atoms with van der Waals surface area (Å²) in [5.74, 6) is 0. The monoisotopic (exact) mass is 266 g/mol. The van der Waals surface area contributed by atoms with Crippen LogP contribution < -0.4 is 5.73 Å². The van der Waals surface area contributed by atoms with Gasteiger partial charge in [-0.05, 0) is 50.4 Å². The Morgan fingerprint density at radius 2 is 1.74 bits per heavy atom. The Morgan fingerprint density at radius 3 is 2.42 bits per heavy atom. The second-order valence-corrected chi connectivity index (χ2v) is 7.18. The molecule has 1 aliphatic heterocycles. The molecule has 0 aromatic rings. The molecule has 0 unspecified atom stereocenters. The minimum absolute atomic E-state index is 0.434. The van der Waals surface area contributed by atoms with Gasteiger partial charge in [0.25, 0.3) is 0 Å². The largest absolute Gasteiger partial charge is 0.378 e. The van der Waals surface area contributed by atoms with E-state index in [1.807, 2.05) is 0 Å². The van der Waals surface area contributed by atoms with Crippen molar-refractivity contribution in [2.75, 3.05) is 26.2 Å². The summed E-state index contributed by atoms with van der Waals surface area (Å²) in [6.45, 7) is 4.92. The molecule has 1 spiro atoms. The van der Waals surface area contributed by atoms with Gasteiger partial charge in [-0.3, -0.25) is 0 Å². The van der Waals surface area contributed by atoms with Crippen LogP contribution >= 0.6 is 0 Å². The van der Waals surface area contributed by atoms with Crippen LogP contribution in [0.5, 0.6) is 0 Å². The molecule has 0 atom stereocenters. The standard InChI is InChI=1S/C16H30N2O/c17-14-4-6-15(7-5-14)19-11-3-10-18-12-16(13-18)8-1-2-9-16/h14-15H,1-13,17H2. The zero-order valence-corrected chi connectivity index (χ0v) is 12.3. The van der Waals surface area contributed by atoms with Crippen LogP contribution in [0.25, 0.3) is 0 Å². The van der Waals surface area contributed by atoms with E-state index in [2.05, 4.69) is 4.90 Å². The van der Waals surface area contributed by atoms with Gasteiger partial charge >= 0.3 is 0 Å². The Hall–Kier alpha value is -0.120. The molecule has 0 aromatic heterocycles. The number of likely N-dealkylation sites (tertiary alicyclic amines) is 1. The average Bonchev–Trinajstić information content (AvgIpc) is 2.85. The Bertz CT molecular complexity index is 272. The van der Waals surface area contributed by atoms with Crippen molar-refractivity contribution in [1.82, 2.24) is 4.90 Å². The summed E-state index contributed by atoms with van der Waals surface area (Å²) in [6, 6.07) is 0.434. The lowest BCUT2D eigenvalue weighted by atomic mass is 9.78. The first-order valence-corrected chi connectivity index (χ1v) is 8.35. The summed E-state index contributed by atoms with van der Waals surface area (Å²) in [5, 5.41) is 0. The molecule has 0 aromatic carbocycles. The van der Waals surface area contributed by atoms with Crippen LogP contribution in [-0.2, 0) is 4.74 Å². The van der Waals surface area contributed by atoms with Gasteiger partial charge < -0.3 is 15.4 Å². The Kier molecular flexibility index (Phi) is 4.45. The predicted octanol–water partition coefficient (Wildman–Crippen LogP) is 2.54. The third-order valence-electron chi connectivity index (χ3n) is 5.47. The lowest BCUT2D eigenvalue weighted by molar-refractivity contribution is -0.0136. The van der Waals surface area contributed by atoms with E-state index in [4.69, 9.17) is 10.5 Å². The van der Waals surface area contributed by atoms with Crippen molar-refractivity contribution >= 4 is 0 Å². The topological polar surface area (TPSA) is 38.5 Å². The van der Waals surface area contributed by atoms with E-state index in [0.717, 1.165) is 24.9 Å². The number of hydrogen-bond acceptors (Lipinski definition) is 3. The molecule has 110 valence electrons. The van der Waals surface area contributed by atoms with E-state index >= 15 is 0 Å². The van der Waals surface area contributed by atoms with E-state index in [1.165, 1.54) is 64.6 Å². The van der Waals surface area contributed by atoms with Crippen molar-refractivity contribution in [2.24, 2.45) is 11.1 Å². The fourth-order valence-corrected chi connectivity index (χ4v) is 4.30. The lowest BCUT2D eigenvalue weighted by Gasteiger charge is -2.48. The highest BCUT2D eigenvalue weighted by Gasteiger charge is 2.43. The fraction of sp³-hybridized carbons (Fsp3) is 1.00. The van der Waals surface area contributed by atoms with Gasteiger partial charge in [0.15, 0.2) is 0 Å². The molecule has 19 heavy (non-hydrogen) atoms. The molecule has 1 heterocycles. The summed E-state index contributed by atoms with van der Waals surface area (Å²) >= 11 is 0. The van der Waals surface area contributed by atoms with Crippen LogP contribution in [0.4, 0.5) is 0 Å². The van der Waals surface area contributed by atoms with Gasteiger partial charge in [0, 0.05) is 32.3 Å². The number of ether oxygens (including phenoxy) is 1. The van der Waals surface area contributed by atoms with Crippen molar-refractivity contribution in [3.63, 3.8) is 0 Å². The van der Waals surface area contributed by atoms with Crippen LogP contribution in [0, 0.1) is 5.41 Å². The van der Waals surface area contributed by atoms with E-state index in [0.29, 0.717) is 12.1 Å². The first-order chi connectivity index (χ1) is 9.26. The van der Waals surface area contributed by atoms with Gasteiger partial charge in [-0.15, -0.1) is 0 Å². The average molecular weight is 266 g/mol. The highest BCUT2D eigenvalue weighted by Crippen LogP contribution is 2.45. The third-order valence-corrected chi connectivity index (χ3v) is 5.47. The zero-order valence-electron chi connectivity index (χ0n) is 12.3. The van der Waals surface area contributed by atoms with Gasteiger partial charge in [-0.25, -0.2) is 0 Å². The molecular weight excluding hydrogens is 236 g/mol. The van der Waals surface area contributed by atoms with Crippen LogP contribution in [0.1, 0.15) is 57.8 Å². The number of nitrogens with two attached hydrogens (primary N) is 1. The normalized spacial score (nSPS) is 34.6. The molecule has 3 heteroatoms. The Morgan fingerprint density at radius 1 is 1.05 bits per heavy atom. The molecule has 0 bridgehead atoms. The molecule has 2 saturated carbocycles. The summed E-state index contributed by atoms with van der Waals surface area (Å²) in [4.78, 5) is 2.63. The second kappa shape index (κ2) is 6.11. The maximum absolute atomic E-state index is 5.99. The van der Waals surface area contributed by atoms with Gasteiger partial charge in [-0.1, -0.05) is 12.8 Å². The molecule has 2 N–H and O–H groups in total. The quantitative estimate of drug-likeness (QED) is 0.777. The van der Waals surface area contributed by atoms with E-state index in [-0.39, 0.29) is 0 Å². The second-order valence-electron chi connectivity index (χ2n) is 7.18. The fourth-order valence-electron chi connectivity index (χ4n) is 4.30. The zero-order chi connectivity index (χ0) is 13.1. The summed E-state index contributed by atoms with van der Waals surface area (Å²) in [7, 11) is 0. The maximum Gasteiger partial charge on any atom is 0.0576 e. The van der Waals surface area contributed by atoms with Crippen molar-refractivity contribution < 1.29 is 4.74 Å². The van der Waals surface area contributed by atoms with Crippen LogP contribution in [0.2, 0.25) is 0 Å². The van der Waals surface area contributed by atoms with Crippen molar-refractivity contribution in [1.29, 1.82) is 0 Å². The predicted molar refractivity (Wildman–Crippen MR) is 78.1 cm³/mol. The van der Waals surface area contributed by atoms with Crippen LogP contribution in [-0.4, -0.2) is 43.3 Å². The van der Waals surface area contributed by atoms with Gasteiger partial charge in [-0.2, -0.15) is 0 Å². The molecule has 1 saturated heterocycles. The minimum Gasteiger partial charge on any atom is -0.378 e. The van der Waals surface area contributed by atoms with E-state index in [1.54, 1.807) is 0 Å². The SMILES string of the molecule is NC1CCC(OCCCN2CC3(CCCC3)C2)CC1. The molecule has 3 nitrogen and oxygen atoms in total. The van der Waals surface area contributed by atoms with Gasteiger partial charge in [0.05, 0.1) is 6.10 Å². The maximum atomic E-state index is 5.99. The smallest absolute Gasteiger partial charge is 0.0576 e. The number of rotatable bonds is 5. The van der Waals surface area contributed by atoms with E-state index < -0.39 is 0 Å². The first kappa shape index (κ1) is 13.8. The summed E-state index contributed by atoms with van der Waals surface area (Å²) in [5.41, 5.74) is 6.66. The summed E-state index contributed by atoms with van der Waals surface area (Å²) < 4.78 is 5.99. The molecule has 3 aliphatic rings. The highest BCUT2D eigenvalue weighted by molar-refractivity contribution is 4.97.